The number of carboxylic acid groups (broad SMARTS) is 1. The van der Waals surface area contributed by atoms with Crippen LogP contribution in [0.1, 0.15) is 10.4 Å². The molecule has 1 aromatic heterocycles. The second kappa shape index (κ2) is 3.29. The predicted molar refractivity (Wildman–Crippen MR) is 58.0 cm³/mol. The van der Waals surface area contributed by atoms with Crippen LogP contribution in [0.5, 0.6) is 0 Å². The number of carbonyl (C=O) groups is 1. The molecule has 0 spiro atoms. The molecule has 5 heteroatoms. The molecule has 0 aliphatic rings. The zero-order valence-corrected chi connectivity index (χ0v) is 9.19. The van der Waals surface area contributed by atoms with Gasteiger partial charge >= 0.3 is 5.97 Å². The molecule has 1 heterocycles. The number of benzene rings is 1. The van der Waals surface area contributed by atoms with Crippen LogP contribution in [-0.2, 0) is 0 Å². The van der Waals surface area contributed by atoms with E-state index in [-0.39, 0.29) is 5.56 Å². The summed E-state index contributed by atoms with van der Waals surface area (Å²) in [6.45, 7) is 0. The number of hydrogen-bond acceptors (Lipinski definition) is 1. The molecule has 0 saturated carbocycles. The van der Waals surface area contributed by atoms with Gasteiger partial charge in [-0.25, -0.2) is 4.79 Å². The molecule has 0 bridgehead atoms. The van der Waals surface area contributed by atoms with Gasteiger partial charge in [-0.05, 0) is 34.1 Å². The van der Waals surface area contributed by atoms with Crippen molar-refractivity contribution in [2.24, 2.45) is 0 Å². The molecule has 2 rings (SSSR count). The maximum atomic E-state index is 10.9. The predicted octanol–water partition coefficient (Wildman–Crippen LogP) is 3.28. The number of hydrogen-bond donors (Lipinski definition) is 2. The SMILES string of the molecule is O=C(O)c1c(Br)[nH]c2ccc(Cl)cc12. The van der Waals surface area contributed by atoms with Crippen LogP contribution >= 0.6 is 27.5 Å². The molecule has 0 unspecified atom stereocenters. The van der Waals surface area contributed by atoms with E-state index < -0.39 is 5.97 Å². The Bertz CT molecular complexity index is 521. The Balaban J connectivity index is 2.86. The van der Waals surface area contributed by atoms with E-state index in [1.165, 1.54) is 0 Å². The van der Waals surface area contributed by atoms with Crippen molar-refractivity contribution in [3.8, 4) is 0 Å². The number of halogens is 2. The summed E-state index contributed by atoms with van der Waals surface area (Å²) in [6, 6.07) is 5.08. The van der Waals surface area contributed by atoms with Crippen LogP contribution in [0.3, 0.4) is 0 Å². The third kappa shape index (κ3) is 1.40. The number of aromatic amines is 1. The first-order valence-electron chi connectivity index (χ1n) is 3.79. The number of carboxylic acids is 1. The Labute approximate surface area is 92.8 Å². The van der Waals surface area contributed by atoms with Crippen LogP contribution in [0, 0.1) is 0 Å². The molecule has 3 nitrogen and oxygen atoms in total. The molecule has 0 fully saturated rings. The van der Waals surface area contributed by atoms with E-state index in [0.717, 1.165) is 5.52 Å². The topological polar surface area (TPSA) is 53.1 Å². The van der Waals surface area contributed by atoms with Crippen molar-refractivity contribution in [1.29, 1.82) is 0 Å². The molecule has 1 aromatic carbocycles. The lowest BCUT2D eigenvalue weighted by atomic mass is 10.2. The molecule has 2 aromatic rings. The number of fused-ring (bicyclic) bond motifs is 1. The van der Waals surface area contributed by atoms with Crippen molar-refractivity contribution in [3.63, 3.8) is 0 Å². The third-order valence-corrected chi connectivity index (χ3v) is 2.76. The summed E-state index contributed by atoms with van der Waals surface area (Å²) in [7, 11) is 0. The summed E-state index contributed by atoms with van der Waals surface area (Å²) in [5.41, 5.74) is 0.959. The number of nitrogens with one attached hydrogen (secondary N) is 1. The van der Waals surface area contributed by atoms with Crippen molar-refractivity contribution >= 4 is 44.4 Å². The van der Waals surface area contributed by atoms with Gasteiger partial charge in [0.05, 0.1) is 10.2 Å². The molecular formula is C9H5BrClNO2. The van der Waals surface area contributed by atoms with Crippen molar-refractivity contribution in [3.05, 3.63) is 33.4 Å². The largest absolute Gasteiger partial charge is 0.478 e. The Kier molecular flexibility index (Phi) is 2.25. The van der Waals surface area contributed by atoms with Crippen molar-refractivity contribution in [1.82, 2.24) is 4.98 Å². The van der Waals surface area contributed by atoms with Gasteiger partial charge in [-0.3, -0.25) is 0 Å². The lowest BCUT2D eigenvalue weighted by Crippen LogP contribution is -1.95. The van der Waals surface area contributed by atoms with Crippen LogP contribution in [0.4, 0.5) is 0 Å². The molecule has 14 heavy (non-hydrogen) atoms. The molecular weight excluding hydrogens is 269 g/mol. The summed E-state index contributed by atoms with van der Waals surface area (Å²) in [5.74, 6) is -0.981. The zero-order valence-electron chi connectivity index (χ0n) is 6.84. The van der Waals surface area contributed by atoms with Crippen LogP contribution in [-0.4, -0.2) is 16.1 Å². The van der Waals surface area contributed by atoms with Crippen LogP contribution in [0.2, 0.25) is 5.02 Å². The number of rotatable bonds is 1. The Morgan fingerprint density at radius 3 is 2.86 bits per heavy atom. The molecule has 0 aliphatic carbocycles. The minimum absolute atomic E-state index is 0.211. The summed E-state index contributed by atoms with van der Waals surface area (Å²) in [4.78, 5) is 13.8. The molecule has 0 amide bonds. The second-order valence-corrected chi connectivity index (χ2v) is 4.04. The van der Waals surface area contributed by atoms with E-state index in [1.54, 1.807) is 18.2 Å². The normalized spacial score (nSPS) is 10.7. The fourth-order valence-electron chi connectivity index (χ4n) is 1.34. The summed E-state index contributed by atoms with van der Waals surface area (Å²) in [6.07, 6.45) is 0. The van der Waals surface area contributed by atoms with Crippen LogP contribution < -0.4 is 0 Å². The number of H-pyrrole nitrogens is 1. The summed E-state index contributed by atoms with van der Waals surface area (Å²) in [5, 5.41) is 10.1. The smallest absolute Gasteiger partial charge is 0.339 e. The first-order chi connectivity index (χ1) is 6.59. The van der Waals surface area contributed by atoms with E-state index in [1.807, 2.05) is 0 Å². The van der Waals surface area contributed by atoms with Crippen LogP contribution in [0.15, 0.2) is 22.8 Å². The molecule has 0 saturated heterocycles. The van der Waals surface area contributed by atoms with Crippen molar-refractivity contribution in [2.75, 3.05) is 0 Å². The standard InChI is InChI=1S/C9H5BrClNO2/c10-8-7(9(13)14)5-3-4(11)1-2-6(5)12-8/h1-3,12H,(H,13,14). The van der Waals surface area contributed by atoms with Gasteiger partial charge in [-0.2, -0.15) is 0 Å². The second-order valence-electron chi connectivity index (χ2n) is 2.81. The lowest BCUT2D eigenvalue weighted by Gasteiger charge is -1.93. The van der Waals surface area contributed by atoms with Crippen molar-refractivity contribution < 1.29 is 9.90 Å². The molecule has 72 valence electrons. The average Bonchev–Trinajstić information content (AvgIpc) is 2.40. The molecule has 0 radical (unpaired) electrons. The number of aromatic nitrogens is 1. The first kappa shape index (κ1) is 9.55. The summed E-state index contributed by atoms with van der Waals surface area (Å²) >= 11 is 8.94. The Hall–Kier alpha value is -1.00. The van der Waals surface area contributed by atoms with Crippen molar-refractivity contribution in [2.45, 2.75) is 0 Å². The minimum Gasteiger partial charge on any atom is -0.478 e. The van der Waals surface area contributed by atoms with Crippen LogP contribution in [0.25, 0.3) is 10.9 Å². The van der Waals surface area contributed by atoms with Gasteiger partial charge in [0.1, 0.15) is 0 Å². The third-order valence-electron chi connectivity index (χ3n) is 1.93. The van der Waals surface area contributed by atoms with Gasteiger partial charge in [0.25, 0.3) is 0 Å². The fourth-order valence-corrected chi connectivity index (χ4v) is 2.11. The van der Waals surface area contributed by atoms with E-state index in [2.05, 4.69) is 20.9 Å². The Morgan fingerprint density at radius 1 is 1.50 bits per heavy atom. The molecule has 2 N–H and O–H groups in total. The van der Waals surface area contributed by atoms with Gasteiger partial charge in [0, 0.05) is 15.9 Å². The van der Waals surface area contributed by atoms with Gasteiger partial charge in [-0.15, -0.1) is 0 Å². The van der Waals surface area contributed by atoms with E-state index in [4.69, 9.17) is 16.7 Å². The quantitative estimate of drug-likeness (QED) is 0.838. The first-order valence-corrected chi connectivity index (χ1v) is 4.96. The van der Waals surface area contributed by atoms with E-state index in [9.17, 15) is 4.79 Å². The van der Waals surface area contributed by atoms with E-state index in [0.29, 0.717) is 15.0 Å². The van der Waals surface area contributed by atoms with Gasteiger partial charge < -0.3 is 10.1 Å². The van der Waals surface area contributed by atoms with Gasteiger partial charge in [-0.1, -0.05) is 11.6 Å². The van der Waals surface area contributed by atoms with E-state index >= 15 is 0 Å². The van der Waals surface area contributed by atoms with Gasteiger partial charge in [0.2, 0.25) is 0 Å². The van der Waals surface area contributed by atoms with Gasteiger partial charge in [0.15, 0.2) is 0 Å². The molecule has 0 aliphatic heterocycles. The highest BCUT2D eigenvalue weighted by Gasteiger charge is 2.15. The highest BCUT2D eigenvalue weighted by Crippen LogP contribution is 2.28. The number of aromatic carboxylic acids is 1. The maximum absolute atomic E-state index is 10.9. The highest BCUT2D eigenvalue weighted by molar-refractivity contribution is 9.10. The highest BCUT2D eigenvalue weighted by atomic mass is 79.9. The maximum Gasteiger partial charge on any atom is 0.339 e. The molecule has 0 atom stereocenters. The monoisotopic (exact) mass is 273 g/mol. The lowest BCUT2D eigenvalue weighted by molar-refractivity contribution is 0.0698. The average molecular weight is 275 g/mol. The summed E-state index contributed by atoms with van der Waals surface area (Å²) < 4.78 is 0.460. The fraction of sp³-hybridized carbons (Fsp3) is 0. The zero-order chi connectivity index (χ0) is 10.3. The Morgan fingerprint density at radius 2 is 2.21 bits per heavy atom. The minimum atomic E-state index is -0.981.